The standard InChI is InChI=1S/C13H16Cl3NO2/c1-2-19-7-6-17(12(18)8-14)9-10-4-3-5-11(15)13(10)16/h3-5H,2,6-9H2,1H3. The molecule has 1 aromatic rings. The minimum Gasteiger partial charge on any atom is -0.380 e. The number of hydrogen-bond donors (Lipinski definition) is 0. The molecular formula is C13H16Cl3NO2. The molecule has 0 spiro atoms. The van der Waals surface area contributed by atoms with Gasteiger partial charge in [0.15, 0.2) is 0 Å². The maximum absolute atomic E-state index is 11.8. The molecule has 1 rings (SSSR count). The van der Waals surface area contributed by atoms with Gasteiger partial charge in [-0.15, -0.1) is 11.6 Å². The van der Waals surface area contributed by atoms with Gasteiger partial charge in [-0.2, -0.15) is 0 Å². The first kappa shape index (κ1) is 16.6. The van der Waals surface area contributed by atoms with Gasteiger partial charge in [0, 0.05) is 19.7 Å². The molecule has 0 fully saturated rings. The van der Waals surface area contributed by atoms with E-state index in [9.17, 15) is 4.79 Å². The Morgan fingerprint density at radius 3 is 2.74 bits per heavy atom. The summed E-state index contributed by atoms with van der Waals surface area (Å²) in [5, 5.41) is 0.940. The lowest BCUT2D eigenvalue weighted by molar-refractivity contribution is -0.129. The second-order valence-corrected chi connectivity index (χ2v) is 4.91. The van der Waals surface area contributed by atoms with Crippen molar-refractivity contribution in [3.05, 3.63) is 33.8 Å². The van der Waals surface area contributed by atoms with Crippen molar-refractivity contribution >= 4 is 40.7 Å². The van der Waals surface area contributed by atoms with Crippen LogP contribution in [0.5, 0.6) is 0 Å². The van der Waals surface area contributed by atoms with Crippen molar-refractivity contribution in [2.75, 3.05) is 25.6 Å². The van der Waals surface area contributed by atoms with E-state index in [1.165, 1.54) is 0 Å². The number of benzene rings is 1. The Labute approximate surface area is 128 Å². The fourth-order valence-electron chi connectivity index (χ4n) is 1.57. The highest BCUT2D eigenvalue weighted by atomic mass is 35.5. The Kier molecular flexibility index (Phi) is 7.54. The zero-order valence-electron chi connectivity index (χ0n) is 10.7. The second-order valence-electron chi connectivity index (χ2n) is 3.86. The van der Waals surface area contributed by atoms with Crippen LogP contribution in [0.3, 0.4) is 0 Å². The third-order valence-corrected chi connectivity index (χ3v) is 3.66. The van der Waals surface area contributed by atoms with Gasteiger partial charge < -0.3 is 9.64 Å². The number of amides is 1. The van der Waals surface area contributed by atoms with Crippen molar-refractivity contribution in [1.29, 1.82) is 0 Å². The number of carbonyl (C=O) groups is 1. The molecule has 0 aliphatic heterocycles. The van der Waals surface area contributed by atoms with E-state index in [1.807, 2.05) is 13.0 Å². The Balaban J connectivity index is 2.76. The third-order valence-electron chi connectivity index (χ3n) is 2.57. The summed E-state index contributed by atoms with van der Waals surface area (Å²) in [5.41, 5.74) is 0.795. The Morgan fingerprint density at radius 1 is 1.37 bits per heavy atom. The monoisotopic (exact) mass is 323 g/mol. The van der Waals surface area contributed by atoms with Crippen molar-refractivity contribution in [2.24, 2.45) is 0 Å². The van der Waals surface area contributed by atoms with E-state index in [1.54, 1.807) is 17.0 Å². The van der Waals surface area contributed by atoms with E-state index in [0.29, 0.717) is 36.3 Å². The predicted molar refractivity (Wildman–Crippen MR) is 79.1 cm³/mol. The maximum atomic E-state index is 11.8. The summed E-state index contributed by atoms with van der Waals surface area (Å²) in [6.07, 6.45) is 0. The largest absolute Gasteiger partial charge is 0.380 e. The predicted octanol–water partition coefficient (Wildman–Crippen LogP) is 3.60. The first-order chi connectivity index (χ1) is 9.10. The highest BCUT2D eigenvalue weighted by Gasteiger charge is 2.15. The maximum Gasteiger partial charge on any atom is 0.237 e. The molecule has 6 heteroatoms. The van der Waals surface area contributed by atoms with Crippen LogP contribution < -0.4 is 0 Å². The van der Waals surface area contributed by atoms with Crippen molar-refractivity contribution in [3.63, 3.8) is 0 Å². The molecule has 0 heterocycles. The first-order valence-corrected chi connectivity index (χ1v) is 7.23. The zero-order chi connectivity index (χ0) is 14.3. The lowest BCUT2D eigenvalue weighted by Gasteiger charge is -2.22. The van der Waals surface area contributed by atoms with Gasteiger partial charge in [-0.3, -0.25) is 4.79 Å². The number of halogens is 3. The minimum absolute atomic E-state index is 0.0652. The summed E-state index contributed by atoms with van der Waals surface area (Å²) in [6.45, 7) is 3.83. The van der Waals surface area contributed by atoms with Crippen molar-refractivity contribution < 1.29 is 9.53 Å². The minimum atomic E-state index is -0.155. The SMILES string of the molecule is CCOCCN(Cc1cccc(Cl)c1Cl)C(=O)CCl. The van der Waals surface area contributed by atoms with Gasteiger partial charge in [0.25, 0.3) is 0 Å². The summed E-state index contributed by atoms with van der Waals surface area (Å²) in [7, 11) is 0. The van der Waals surface area contributed by atoms with Gasteiger partial charge in [0.2, 0.25) is 5.91 Å². The Morgan fingerprint density at radius 2 is 2.11 bits per heavy atom. The second kappa shape index (κ2) is 8.64. The first-order valence-electron chi connectivity index (χ1n) is 5.94. The van der Waals surface area contributed by atoms with Gasteiger partial charge in [0.05, 0.1) is 16.7 Å². The van der Waals surface area contributed by atoms with Crippen LogP contribution >= 0.6 is 34.8 Å². The van der Waals surface area contributed by atoms with Crippen LogP contribution in [0, 0.1) is 0 Å². The van der Waals surface area contributed by atoms with Crippen LogP contribution in [-0.4, -0.2) is 36.4 Å². The number of carbonyl (C=O) groups excluding carboxylic acids is 1. The molecule has 0 unspecified atom stereocenters. The van der Waals surface area contributed by atoms with E-state index in [-0.39, 0.29) is 11.8 Å². The lowest BCUT2D eigenvalue weighted by atomic mass is 10.2. The number of hydrogen-bond acceptors (Lipinski definition) is 2. The van der Waals surface area contributed by atoms with Crippen molar-refractivity contribution in [2.45, 2.75) is 13.5 Å². The van der Waals surface area contributed by atoms with Crippen LogP contribution in [0.2, 0.25) is 10.0 Å². The Hall–Kier alpha value is -0.480. The van der Waals surface area contributed by atoms with Crippen LogP contribution in [0.1, 0.15) is 12.5 Å². The molecule has 1 aromatic carbocycles. The normalized spacial score (nSPS) is 10.5. The fourth-order valence-corrected chi connectivity index (χ4v) is 2.12. The number of rotatable bonds is 7. The molecule has 0 radical (unpaired) electrons. The molecule has 0 saturated heterocycles. The Bertz CT molecular complexity index is 426. The van der Waals surface area contributed by atoms with Crippen LogP contribution in [-0.2, 0) is 16.1 Å². The lowest BCUT2D eigenvalue weighted by Crippen LogP contribution is -2.34. The smallest absolute Gasteiger partial charge is 0.237 e. The molecule has 0 aliphatic carbocycles. The highest BCUT2D eigenvalue weighted by molar-refractivity contribution is 6.42. The topological polar surface area (TPSA) is 29.5 Å². The number of ether oxygens (including phenoxy) is 1. The molecule has 0 aliphatic rings. The molecule has 19 heavy (non-hydrogen) atoms. The van der Waals surface area contributed by atoms with Crippen LogP contribution in [0.25, 0.3) is 0 Å². The molecule has 0 aromatic heterocycles. The van der Waals surface area contributed by atoms with Crippen LogP contribution in [0.4, 0.5) is 0 Å². The molecule has 0 atom stereocenters. The van der Waals surface area contributed by atoms with Crippen molar-refractivity contribution in [3.8, 4) is 0 Å². The quantitative estimate of drug-likeness (QED) is 0.566. The highest BCUT2D eigenvalue weighted by Crippen LogP contribution is 2.26. The van der Waals surface area contributed by atoms with Gasteiger partial charge in [-0.05, 0) is 18.6 Å². The summed E-state index contributed by atoms with van der Waals surface area (Å²) < 4.78 is 5.25. The molecule has 3 nitrogen and oxygen atoms in total. The average molecular weight is 325 g/mol. The van der Waals surface area contributed by atoms with E-state index in [2.05, 4.69) is 0 Å². The molecule has 106 valence electrons. The van der Waals surface area contributed by atoms with Gasteiger partial charge in [-0.25, -0.2) is 0 Å². The van der Waals surface area contributed by atoms with Gasteiger partial charge in [0.1, 0.15) is 5.88 Å². The van der Waals surface area contributed by atoms with E-state index in [0.717, 1.165) is 5.56 Å². The zero-order valence-corrected chi connectivity index (χ0v) is 12.9. The molecular weight excluding hydrogens is 309 g/mol. The third kappa shape index (κ3) is 5.19. The van der Waals surface area contributed by atoms with E-state index < -0.39 is 0 Å². The van der Waals surface area contributed by atoms with Crippen molar-refractivity contribution in [1.82, 2.24) is 4.90 Å². The van der Waals surface area contributed by atoms with E-state index in [4.69, 9.17) is 39.5 Å². The summed E-state index contributed by atoms with van der Waals surface area (Å²) in [6, 6.07) is 5.35. The van der Waals surface area contributed by atoms with E-state index >= 15 is 0 Å². The molecule has 1 amide bonds. The molecule has 0 bridgehead atoms. The molecule has 0 N–H and O–H groups in total. The number of alkyl halides is 1. The number of nitrogens with zero attached hydrogens (tertiary/aromatic N) is 1. The fraction of sp³-hybridized carbons (Fsp3) is 0.462. The summed E-state index contributed by atoms with van der Waals surface area (Å²) in [4.78, 5) is 13.4. The molecule has 0 saturated carbocycles. The average Bonchev–Trinajstić information content (AvgIpc) is 2.41. The van der Waals surface area contributed by atoms with Gasteiger partial charge in [-0.1, -0.05) is 35.3 Å². The summed E-state index contributed by atoms with van der Waals surface area (Å²) >= 11 is 17.7. The van der Waals surface area contributed by atoms with Gasteiger partial charge >= 0.3 is 0 Å². The summed E-state index contributed by atoms with van der Waals surface area (Å²) in [5.74, 6) is -0.220. The van der Waals surface area contributed by atoms with Crippen LogP contribution in [0.15, 0.2) is 18.2 Å².